The van der Waals surface area contributed by atoms with Crippen LogP contribution in [-0.4, -0.2) is 53.7 Å². The minimum atomic E-state index is -3.96. The summed E-state index contributed by atoms with van der Waals surface area (Å²) in [6, 6.07) is 9.99. The summed E-state index contributed by atoms with van der Waals surface area (Å²) in [4.78, 5) is 42.5. The molecule has 11 nitrogen and oxygen atoms in total. The number of alkyl carbamates (subject to hydrolysis) is 1. The Labute approximate surface area is 268 Å². The van der Waals surface area contributed by atoms with Gasteiger partial charge in [0.25, 0.3) is 0 Å². The van der Waals surface area contributed by atoms with Crippen molar-refractivity contribution in [1.29, 1.82) is 0 Å². The lowest BCUT2D eigenvalue weighted by Crippen LogP contribution is -2.36. The number of hydrogen-bond acceptors (Lipinski definition) is 8. The van der Waals surface area contributed by atoms with Gasteiger partial charge in [-0.2, -0.15) is 0 Å². The highest BCUT2D eigenvalue weighted by molar-refractivity contribution is 7.92. The fraction of sp³-hybridized carbons (Fsp3) is 0.290. The van der Waals surface area contributed by atoms with E-state index in [1.165, 1.54) is 17.0 Å². The number of aromatic nitrogens is 2. The number of anilines is 1. The van der Waals surface area contributed by atoms with E-state index >= 15 is 8.78 Å². The lowest BCUT2D eigenvalue weighted by molar-refractivity contribution is -0.146. The van der Waals surface area contributed by atoms with Crippen LogP contribution in [0.4, 0.5) is 19.3 Å². The Balaban J connectivity index is 1.71. The van der Waals surface area contributed by atoms with Gasteiger partial charge in [-0.05, 0) is 63.1 Å². The largest absolute Gasteiger partial charge is 0.444 e. The van der Waals surface area contributed by atoms with E-state index in [2.05, 4.69) is 15.0 Å². The fourth-order valence-corrected chi connectivity index (χ4v) is 5.62. The van der Waals surface area contributed by atoms with Crippen LogP contribution in [0.15, 0.2) is 54.9 Å². The van der Waals surface area contributed by atoms with Crippen LogP contribution in [0.2, 0.25) is 5.02 Å². The molecule has 46 heavy (non-hydrogen) atoms. The summed E-state index contributed by atoms with van der Waals surface area (Å²) in [5.74, 6) is -4.88. The molecule has 0 atom stereocenters. The number of ketones is 1. The van der Waals surface area contributed by atoms with Crippen molar-refractivity contribution in [3.05, 3.63) is 82.6 Å². The number of sulfonamides is 1. The van der Waals surface area contributed by atoms with Crippen molar-refractivity contribution in [2.75, 3.05) is 17.0 Å². The number of halogens is 3. The first kappa shape index (κ1) is 34.3. The number of fused-ring (bicyclic) bond motifs is 1. The summed E-state index contributed by atoms with van der Waals surface area (Å²) in [5, 5.41) is 2.92. The van der Waals surface area contributed by atoms with Gasteiger partial charge in [-0.1, -0.05) is 30.7 Å². The monoisotopic (exact) mass is 676 g/mol. The van der Waals surface area contributed by atoms with Gasteiger partial charge in [0.05, 0.1) is 22.6 Å². The first-order chi connectivity index (χ1) is 21.6. The van der Waals surface area contributed by atoms with Gasteiger partial charge < -0.3 is 14.8 Å². The second-order valence-corrected chi connectivity index (χ2v) is 13.4. The third kappa shape index (κ3) is 8.37. The molecule has 0 unspecified atom stereocenters. The SMILES string of the molecule is CCCS(=O)(=O)Nc1ccc(F)c(C(=O)c2cn(COC(=O)CNC(=O)OC(C)(C)C)c3ncc(-c4ccc(Cl)cc4)cc23)c1F. The van der Waals surface area contributed by atoms with Gasteiger partial charge >= 0.3 is 12.1 Å². The van der Waals surface area contributed by atoms with E-state index in [1.54, 1.807) is 58.0 Å². The predicted octanol–water partition coefficient (Wildman–Crippen LogP) is 6.04. The van der Waals surface area contributed by atoms with E-state index in [1.807, 2.05) is 0 Å². The maximum absolute atomic E-state index is 15.6. The lowest BCUT2D eigenvalue weighted by Gasteiger charge is -2.19. The highest BCUT2D eigenvalue weighted by Crippen LogP contribution is 2.31. The molecule has 0 radical (unpaired) electrons. The van der Waals surface area contributed by atoms with Gasteiger partial charge in [0, 0.05) is 28.4 Å². The number of rotatable bonds is 11. The van der Waals surface area contributed by atoms with Crippen molar-refractivity contribution < 1.29 is 41.1 Å². The molecule has 0 aliphatic heterocycles. The topological polar surface area (TPSA) is 146 Å². The first-order valence-electron chi connectivity index (χ1n) is 14.0. The molecule has 0 fully saturated rings. The number of nitrogens with zero attached hydrogens (tertiary/aromatic N) is 2. The van der Waals surface area contributed by atoms with Crippen LogP contribution in [0.1, 0.15) is 50.0 Å². The zero-order valence-corrected chi connectivity index (χ0v) is 26.9. The Morgan fingerprint density at radius 1 is 1.04 bits per heavy atom. The van der Waals surface area contributed by atoms with Crippen LogP contribution < -0.4 is 10.0 Å². The molecule has 2 aromatic carbocycles. The summed E-state index contributed by atoms with van der Waals surface area (Å²) in [6.07, 6.45) is 2.12. The molecule has 4 rings (SSSR count). The van der Waals surface area contributed by atoms with E-state index in [4.69, 9.17) is 21.1 Å². The standard InChI is InChI=1S/C31H31ClF2N4O7S/c1-5-12-46(42,43)37-24-11-10-23(33)26(27(24)34)28(40)22-16-38(17-44-25(39)15-36-30(41)45-31(2,3)4)29-21(22)13-19(14-35-29)18-6-8-20(32)9-7-18/h6-11,13-14,16,37H,5,12,15,17H2,1-4H3,(H,36,41). The number of esters is 1. The van der Waals surface area contributed by atoms with Crippen LogP contribution in [0, 0.1) is 11.6 Å². The number of ether oxygens (including phenoxy) is 2. The zero-order chi connectivity index (χ0) is 33.8. The maximum atomic E-state index is 15.6. The summed E-state index contributed by atoms with van der Waals surface area (Å²) < 4.78 is 68.9. The molecule has 0 aliphatic rings. The minimum absolute atomic E-state index is 0.134. The highest BCUT2D eigenvalue weighted by Gasteiger charge is 2.27. The number of benzene rings is 2. The number of pyridine rings is 1. The Morgan fingerprint density at radius 3 is 2.39 bits per heavy atom. The molecule has 0 spiro atoms. The van der Waals surface area contributed by atoms with Crippen molar-refractivity contribution in [1.82, 2.24) is 14.9 Å². The van der Waals surface area contributed by atoms with Gasteiger partial charge in [0.2, 0.25) is 15.8 Å². The van der Waals surface area contributed by atoms with Crippen molar-refractivity contribution in [3.8, 4) is 11.1 Å². The van der Waals surface area contributed by atoms with Crippen LogP contribution in [0.5, 0.6) is 0 Å². The van der Waals surface area contributed by atoms with E-state index in [0.29, 0.717) is 16.1 Å². The summed E-state index contributed by atoms with van der Waals surface area (Å²) >= 11 is 6.01. The van der Waals surface area contributed by atoms with Crippen LogP contribution >= 0.6 is 11.6 Å². The van der Waals surface area contributed by atoms with Gasteiger partial charge in [-0.25, -0.2) is 27.0 Å². The summed E-state index contributed by atoms with van der Waals surface area (Å²) in [7, 11) is -3.96. The predicted molar refractivity (Wildman–Crippen MR) is 168 cm³/mol. The molecule has 0 aliphatic carbocycles. The Morgan fingerprint density at radius 2 is 1.74 bits per heavy atom. The quantitative estimate of drug-likeness (QED) is 0.144. The summed E-state index contributed by atoms with van der Waals surface area (Å²) in [6.45, 7) is 5.59. The molecular formula is C31H31ClF2N4O7S. The van der Waals surface area contributed by atoms with Gasteiger partial charge in [-0.15, -0.1) is 0 Å². The highest BCUT2D eigenvalue weighted by atomic mass is 35.5. The smallest absolute Gasteiger partial charge is 0.408 e. The number of nitrogens with one attached hydrogen (secondary N) is 2. The third-order valence-corrected chi connectivity index (χ3v) is 8.06. The molecule has 2 N–H and O–H groups in total. The van der Waals surface area contributed by atoms with Crippen molar-refractivity contribution in [3.63, 3.8) is 0 Å². The van der Waals surface area contributed by atoms with Crippen LogP contribution in [0.25, 0.3) is 22.2 Å². The third-order valence-electron chi connectivity index (χ3n) is 6.33. The number of carbonyl (C=O) groups is 3. The van der Waals surface area contributed by atoms with E-state index in [-0.39, 0.29) is 28.8 Å². The van der Waals surface area contributed by atoms with Crippen molar-refractivity contribution in [2.45, 2.75) is 46.4 Å². The molecule has 4 aromatic rings. The Bertz CT molecular complexity index is 1910. The second kappa shape index (κ2) is 13.8. The van der Waals surface area contributed by atoms with E-state index in [0.717, 1.165) is 12.1 Å². The molecule has 0 saturated heterocycles. The lowest BCUT2D eigenvalue weighted by atomic mass is 10.00. The number of carbonyl (C=O) groups excluding carboxylic acids is 3. The minimum Gasteiger partial charge on any atom is -0.444 e. The number of hydrogen-bond donors (Lipinski definition) is 2. The molecule has 0 bridgehead atoms. The molecule has 2 aromatic heterocycles. The van der Waals surface area contributed by atoms with E-state index in [9.17, 15) is 22.8 Å². The molecule has 1 amide bonds. The molecule has 15 heteroatoms. The Hall–Kier alpha value is -4.56. The molecule has 0 saturated carbocycles. The summed E-state index contributed by atoms with van der Waals surface area (Å²) in [5.41, 5.74) is -1.22. The van der Waals surface area contributed by atoms with Crippen LogP contribution in [-0.2, 0) is 31.0 Å². The van der Waals surface area contributed by atoms with Gasteiger partial charge in [-0.3, -0.25) is 18.9 Å². The second-order valence-electron chi connectivity index (χ2n) is 11.1. The average molecular weight is 677 g/mol. The van der Waals surface area contributed by atoms with Crippen molar-refractivity contribution in [2.24, 2.45) is 0 Å². The van der Waals surface area contributed by atoms with Crippen molar-refractivity contribution >= 4 is 56.2 Å². The maximum Gasteiger partial charge on any atom is 0.408 e. The normalized spacial score (nSPS) is 11.7. The fourth-order valence-electron chi connectivity index (χ4n) is 4.36. The number of amides is 1. The van der Waals surface area contributed by atoms with Gasteiger partial charge in [0.1, 0.15) is 23.6 Å². The first-order valence-corrected chi connectivity index (χ1v) is 16.0. The molecular weight excluding hydrogens is 646 g/mol. The van der Waals surface area contributed by atoms with Crippen LogP contribution in [0.3, 0.4) is 0 Å². The molecule has 2 heterocycles. The van der Waals surface area contributed by atoms with E-state index < -0.39 is 69.6 Å². The Kier molecular flexibility index (Phi) is 10.3. The zero-order valence-electron chi connectivity index (χ0n) is 25.3. The average Bonchev–Trinajstić information content (AvgIpc) is 3.34. The molecule has 244 valence electrons. The van der Waals surface area contributed by atoms with Gasteiger partial charge in [0.15, 0.2) is 12.5 Å².